The summed E-state index contributed by atoms with van der Waals surface area (Å²) in [4.78, 5) is 0. The molecule has 1 fully saturated rings. The van der Waals surface area contributed by atoms with E-state index in [4.69, 9.17) is 23.7 Å². The largest absolute Gasteiger partial charge is 0.368 e. The Kier molecular flexibility index (Phi) is 10.7. The van der Waals surface area contributed by atoms with E-state index in [1.807, 2.05) is 97.1 Å². The highest BCUT2D eigenvalue weighted by molar-refractivity contribution is 9.28. The van der Waals surface area contributed by atoms with Gasteiger partial charge in [-0.1, -0.05) is 91.0 Å². The lowest BCUT2D eigenvalue weighted by atomic mass is 9.97. The summed E-state index contributed by atoms with van der Waals surface area (Å²) in [6, 6.07) is 30.2. The Morgan fingerprint density at radius 3 is 1.50 bits per heavy atom. The van der Waals surface area contributed by atoms with Crippen LogP contribution in [0.5, 0.6) is 0 Å². The van der Waals surface area contributed by atoms with Crippen molar-refractivity contribution >= 4 is 31.9 Å². The fraction of sp³-hybridized carbons (Fsp3) is 0.310. The van der Waals surface area contributed by atoms with Crippen LogP contribution in [0.2, 0.25) is 0 Å². The fourth-order valence-electron chi connectivity index (χ4n) is 4.14. The Bertz CT molecular complexity index is 1060. The van der Waals surface area contributed by atoms with Gasteiger partial charge in [0, 0.05) is 7.11 Å². The van der Waals surface area contributed by atoms with Crippen LogP contribution in [0, 0.1) is 0 Å². The van der Waals surface area contributed by atoms with Gasteiger partial charge in [0.2, 0.25) is 0 Å². The van der Waals surface area contributed by atoms with Gasteiger partial charge in [-0.15, -0.1) is 0 Å². The van der Waals surface area contributed by atoms with Crippen LogP contribution in [-0.4, -0.2) is 37.8 Å². The van der Waals surface area contributed by atoms with E-state index in [1.165, 1.54) is 0 Å². The molecule has 36 heavy (non-hydrogen) atoms. The molecule has 0 saturated carbocycles. The summed E-state index contributed by atoms with van der Waals surface area (Å²) >= 11 is 6.95. The summed E-state index contributed by atoms with van der Waals surface area (Å²) in [7, 11) is 1.62. The van der Waals surface area contributed by atoms with Crippen molar-refractivity contribution in [2.24, 2.45) is 0 Å². The predicted octanol–water partition coefficient (Wildman–Crippen LogP) is 6.75. The molecule has 5 nitrogen and oxygen atoms in total. The van der Waals surface area contributed by atoms with Crippen molar-refractivity contribution in [1.82, 2.24) is 0 Å². The van der Waals surface area contributed by atoms with Gasteiger partial charge in [0.1, 0.15) is 24.4 Å². The third-order valence-electron chi connectivity index (χ3n) is 5.91. The van der Waals surface area contributed by atoms with Gasteiger partial charge in [-0.2, -0.15) is 0 Å². The van der Waals surface area contributed by atoms with Gasteiger partial charge >= 0.3 is 0 Å². The minimum absolute atomic E-state index is 0.397. The zero-order chi connectivity index (χ0) is 25.2. The third-order valence-corrected chi connectivity index (χ3v) is 6.44. The number of methoxy groups -OCH3 is 1. The molecule has 7 heteroatoms. The molecular weight excluding hydrogens is 588 g/mol. The van der Waals surface area contributed by atoms with Gasteiger partial charge in [-0.25, -0.2) is 0 Å². The van der Waals surface area contributed by atoms with Crippen LogP contribution < -0.4 is 0 Å². The Morgan fingerprint density at radius 2 is 1.08 bits per heavy atom. The van der Waals surface area contributed by atoms with Crippen molar-refractivity contribution in [3.05, 3.63) is 117 Å². The molecule has 0 radical (unpaired) electrons. The zero-order valence-corrected chi connectivity index (χ0v) is 23.2. The molecule has 0 aliphatic carbocycles. The van der Waals surface area contributed by atoms with E-state index in [-0.39, 0.29) is 0 Å². The van der Waals surface area contributed by atoms with Gasteiger partial charge in [-0.05, 0) is 54.6 Å². The monoisotopic (exact) mass is 616 g/mol. The Hall–Kier alpha value is -1.84. The van der Waals surface area contributed by atoms with Crippen molar-refractivity contribution in [1.29, 1.82) is 0 Å². The first-order valence-corrected chi connectivity index (χ1v) is 13.4. The normalized spacial score (nSPS) is 23.8. The van der Waals surface area contributed by atoms with Crippen molar-refractivity contribution in [2.75, 3.05) is 7.11 Å². The number of hydrogen-bond acceptors (Lipinski definition) is 5. The Balaban J connectivity index is 1.61. The lowest BCUT2D eigenvalue weighted by Crippen LogP contribution is -2.60. The van der Waals surface area contributed by atoms with Gasteiger partial charge in [0.15, 0.2) is 6.29 Å². The molecule has 1 saturated heterocycles. The second-order valence-corrected chi connectivity index (χ2v) is 11.2. The summed E-state index contributed by atoms with van der Waals surface area (Å²) in [5.74, 6) is 0. The molecular formula is C29H30Br2O5. The van der Waals surface area contributed by atoms with E-state index in [2.05, 4.69) is 31.9 Å². The number of rotatable bonds is 11. The van der Waals surface area contributed by atoms with Crippen molar-refractivity contribution in [3.8, 4) is 0 Å². The average molecular weight is 618 g/mol. The standard InChI is InChI=1S/C29H30Br2O5/c1-32-29-28(35-20-23-15-9-4-10-16-23)27(34-19-22-13-7-3-8-14-22)26(24(36-29)17-25(30)31)33-18-21-11-5-2-6-12-21/h2-17,24,26-29H,18-20H2,1H3/t24-,26-,27+,28-,29+/m1/s1. The minimum Gasteiger partial charge on any atom is -0.368 e. The fourth-order valence-corrected chi connectivity index (χ4v) is 4.66. The SMILES string of the molecule is CO[C@H]1O[C@H](C=C(Br)Br)[C@@H](OCc2ccccc2)[C@H](OCc2ccccc2)[C@H]1OCc1ccccc1. The quantitative estimate of drug-likeness (QED) is 0.238. The summed E-state index contributed by atoms with van der Waals surface area (Å²) in [6.07, 6.45) is -0.605. The van der Waals surface area contributed by atoms with Crippen LogP contribution in [-0.2, 0) is 43.5 Å². The Morgan fingerprint density at radius 1 is 0.667 bits per heavy atom. The maximum Gasteiger partial charge on any atom is 0.186 e. The van der Waals surface area contributed by atoms with Crippen LogP contribution in [0.3, 0.4) is 0 Å². The summed E-state index contributed by atoms with van der Waals surface area (Å²) in [6.45, 7) is 1.21. The summed E-state index contributed by atoms with van der Waals surface area (Å²) in [5, 5.41) is 0. The maximum absolute atomic E-state index is 6.55. The Labute approximate surface area is 229 Å². The van der Waals surface area contributed by atoms with Crippen LogP contribution in [0.15, 0.2) is 100 Å². The number of halogens is 2. The molecule has 5 atom stereocenters. The van der Waals surface area contributed by atoms with Crippen molar-refractivity contribution < 1.29 is 23.7 Å². The van der Waals surface area contributed by atoms with Crippen LogP contribution in [0.1, 0.15) is 16.7 Å². The highest BCUT2D eigenvalue weighted by Gasteiger charge is 2.48. The molecule has 1 heterocycles. The van der Waals surface area contributed by atoms with E-state index in [9.17, 15) is 0 Å². The van der Waals surface area contributed by atoms with E-state index >= 15 is 0 Å². The predicted molar refractivity (Wildman–Crippen MR) is 147 cm³/mol. The lowest BCUT2D eigenvalue weighted by molar-refractivity contribution is -0.309. The molecule has 3 aromatic carbocycles. The van der Waals surface area contributed by atoms with Crippen molar-refractivity contribution in [3.63, 3.8) is 0 Å². The van der Waals surface area contributed by atoms with E-state index in [1.54, 1.807) is 7.11 Å². The molecule has 0 N–H and O–H groups in total. The first-order valence-electron chi connectivity index (χ1n) is 11.8. The molecule has 0 amide bonds. The molecule has 0 spiro atoms. The number of ether oxygens (including phenoxy) is 5. The summed E-state index contributed by atoms with van der Waals surface area (Å²) in [5.41, 5.74) is 3.19. The first kappa shape index (κ1) is 27.2. The van der Waals surface area contributed by atoms with E-state index < -0.39 is 30.7 Å². The maximum atomic E-state index is 6.55. The van der Waals surface area contributed by atoms with Gasteiger partial charge in [0.05, 0.1) is 23.2 Å². The van der Waals surface area contributed by atoms with E-state index in [0.29, 0.717) is 19.8 Å². The second kappa shape index (κ2) is 14.2. The molecule has 0 bridgehead atoms. The average Bonchev–Trinajstić information content (AvgIpc) is 2.91. The number of benzene rings is 3. The van der Waals surface area contributed by atoms with Crippen LogP contribution in [0.4, 0.5) is 0 Å². The zero-order valence-electron chi connectivity index (χ0n) is 20.0. The van der Waals surface area contributed by atoms with Crippen molar-refractivity contribution in [2.45, 2.75) is 50.5 Å². The highest BCUT2D eigenvalue weighted by Crippen LogP contribution is 2.33. The summed E-state index contributed by atoms with van der Waals surface area (Å²) < 4.78 is 32.3. The molecule has 0 unspecified atom stereocenters. The minimum atomic E-state index is -0.647. The van der Waals surface area contributed by atoms with Crippen LogP contribution >= 0.6 is 31.9 Å². The van der Waals surface area contributed by atoms with Crippen LogP contribution in [0.25, 0.3) is 0 Å². The molecule has 190 valence electrons. The smallest absolute Gasteiger partial charge is 0.186 e. The molecule has 4 rings (SSSR count). The van der Waals surface area contributed by atoms with Gasteiger partial charge < -0.3 is 23.7 Å². The third kappa shape index (κ3) is 7.83. The molecule has 1 aliphatic rings. The highest BCUT2D eigenvalue weighted by atomic mass is 79.9. The number of hydrogen-bond donors (Lipinski definition) is 0. The van der Waals surface area contributed by atoms with E-state index in [0.717, 1.165) is 20.1 Å². The molecule has 0 aromatic heterocycles. The molecule has 3 aromatic rings. The lowest BCUT2D eigenvalue weighted by Gasteiger charge is -2.45. The van der Waals surface area contributed by atoms with Gasteiger partial charge in [0.25, 0.3) is 0 Å². The topological polar surface area (TPSA) is 46.2 Å². The second-order valence-electron chi connectivity index (χ2n) is 8.44. The van der Waals surface area contributed by atoms with Gasteiger partial charge in [-0.3, -0.25) is 0 Å². The first-order chi connectivity index (χ1) is 17.6. The molecule has 1 aliphatic heterocycles.